The number of fused-ring (bicyclic) bond motifs is 1. The molecule has 0 fully saturated rings. The molecule has 1 N–H and O–H groups in total. The first-order valence-corrected chi connectivity index (χ1v) is 9.14. The first-order chi connectivity index (χ1) is 13.0. The Balaban J connectivity index is 1.52. The summed E-state index contributed by atoms with van der Waals surface area (Å²) < 4.78 is 5.29. The molecule has 1 aromatic heterocycles. The van der Waals surface area contributed by atoms with Gasteiger partial charge in [-0.2, -0.15) is 0 Å². The quantitative estimate of drug-likeness (QED) is 0.770. The fraction of sp³-hybridized carbons (Fsp3) is 0.273. The fourth-order valence-electron chi connectivity index (χ4n) is 3.67. The molecule has 0 atom stereocenters. The topological polar surface area (TPSA) is 58.2 Å². The lowest BCUT2D eigenvalue weighted by molar-refractivity contribution is 0.0734. The van der Waals surface area contributed by atoms with Crippen molar-refractivity contribution >= 4 is 5.91 Å². The minimum Gasteiger partial charge on any atom is -0.497 e. The molecule has 0 saturated heterocycles. The van der Waals surface area contributed by atoms with E-state index in [0.29, 0.717) is 12.1 Å². The molecular weight excluding hydrogens is 338 g/mol. The molecule has 0 unspecified atom stereocenters. The first kappa shape index (κ1) is 17.3. The summed E-state index contributed by atoms with van der Waals surface area (Å²) in [5, 5.41) is 0. The van der Waals surface area contributed by atoms with Crippen molar-refractivity contribution in [3.63, 3.8) is 0 Å². The van der Waals surface area contributed by atoms with Crippen molar-refractivity contribution in [2.75, 3.05) is 13.7 Å². The molecule has 2 aromatic carbocycles. The van der Waals surface area contributed by atoms with Crippen molar-refractivity contribution in [2.24, 2.45) is 0 Å². The van der Waals surface area contributed by atoms with Crippen LogP contribution in [0.4, 0.5) is 0 Å². The van der Waals surface area contributed by atoms with E-state index in [1.54, 1.807) is 7.11 Å². The van der Waals surface area contributed by atoms with Gasteiger partial charge in [0.05, 0.1) is 12.8 Å². The van der Waals surface area contributed by atoms with Crippen LogP contribution in [0.1, 0.15) is 33.0 Å². The zero-order valence-corrected chi connectivity index (χ0v) is 15.9. The molecule has 2 heterocycles. The summed E-state index contributed by atoms with van der Waals surface area (Å²) >= 11 is 0. The molecule has 0 saturated carbocycles. The lowest BCUT2D eigenvalue weighted by Gasteiger charge is -2.29. The number of carbonyl (C=O) groups is 1. The molecule has 0 spiro atoms. The van der Waals surface area contributed by atoms with E-state index in [-0.39, 0.29) is 5.91 Å². The van der Waals surface area contributed by atoms with Gasteiger partial charge in [-0.1, -0.05) is 18.2 Å². The molecule has 3 aromatic rings. The Labute approximate surface area is 159 Å². The van der Waals surface area contributed by atoms with Gasteiger partial charge in [0.15, 0.2) is 0 Å². The molecular formula is C22H23N3O2. The van der Waals surface area contributed by atoms with Gasteiger partial charge in [-0.15, -0.1) is 0 Å². The highest BCUT2D eigenvalue weighted by Crippen LogP contribution is 2.26. The van der Waals surface area contributed by atoms with Gasteiger partial charge in [0, 0.05) is 29.9 Å². The predicted molar refractivity (Wildman–Crippen MR) is 105 cm³/mol. The summed E-state index contributed by atoms with van der Waals surface area (Å²) in [5.74, 6) is 1.83. The normalized spacial score (nSPS) is 13.4. The number of methoxy groups -OCH3 is 1. The van der Waals surface area contributed by atoms with Gasteiger partial charge in [0.2, 0.25) is 0 Å². The summed E-state index contributed by atoms with van der Waals surface area (Å²) in [4.78, 5) is 22.6. The van der Waals surface area contributed by atoms with Gasteiger partial charge in [-0.3, -0.25) is 4.79 Å². The number of ether oxygens (including phenoxy) is 1. The molecule has 0 aliphatic carbocycles. The van der Waals surface area contributed by atoms with Crippen LogP contribution in [0, 0.1) is 13.8 Å². The molecule has 1 aliphatic rings. The monoisotopic (exact) mass is 361 g/mol. The number of hydrogen-bond donors (Lipinski definition) is 1. The molecule has 5 heteroatoms. The van der Waals surface area contributed by atoms with E-state index in [1.165, 1.54) is 11.1 Å². The maximum absolute atomic E-state index is 12.9. The van der Waals surface area contributed by atoms with Crippen LogP contribution >= 0.6 is 0 Å². The molecule has 0 radical (unpaired) electrons. The van der Waals surface area contributed by atoms with Crippen molar-refractivity contribution in [1.29, 1.82) is 0 Å². The highest BCUT2D eigenvalue weighted by molar-refractivity contribution is 5.94. The van der Waals surface area contributed by atoms with Gasteiger partial charge in [0.25, 0.3) is 5.91 Å². The van der Waals surface area contributed by atoms with E-state index in [1.807, 2.05) is 49.1 Å². The Morgan fingerprint density at radius 2 is 1.89 bits per heavy atom. The number of amides is 1. The van der Waals surface area contributed by atoms with Gasteiger partial charge < -0.3 is 14.6 Å². The lowest BCUT2D eigenvalue weighted by atomic mass is 9.98. The summed E-state index contributed by atoms with van der Waals surface area (Å²) in [6, 6.07) is 13.8. The number of nitrogens with zero attached hydrogens (tertiary/aromatic N) is 2. The summed E-state index contributed by atoms with van der Waals surface area (Å²) in [7, 11) is 1.68. The molecule has 138 valence electrons. The SMILES string of the molecule is COc1ccc2c(c1)CCN(C(=O)c1ccc(-c3nc(C)[nH]c3C)cc1)C2. The van der Waals surface area contributed by atoms with Crippen molar-refractivity contribution in [3.05, 3.63) is 70.7 Å². The smallest absolute Gasteiger partial charge is 0.254 e. The number of H-pyrrole nitrogens is 1. The van der Waals surface area contributed by atoms with Crippen LogP contribution in [0.25, 0.3) is 11.3 Å². The molecule has 4 rings (SSSR count). The maximum atomic E-state index is 12.9. The number of rotatable bonds is 3. The number of aromatic amines is 1. The average Bonchev–Trinajstić information content (AvgIpc) is 3.04. The first-order valence-electron chi connectivity index (χ1n) is 9.14. The molecule has 1 amide bonds. The molecule has 0 bridgehead atoms. The van der Waals surface area contributed by atoms with Gasteiger partial charge >= 0.3 is 0 Å². The maximum Gasteiger partial charge on any atom is 0.254 e. The highest BCUT2D eigenvalue weighted by Gasteiger charge is 2.22. The summed E-state index contributed by atoms with van der Waals surface area (Å²) in [6.45, 7) is 5.31. The minimum absolute atomic E-state index is 0.0675. The highest BCUT2D eigenvalue weighted by atomic mass is 16.5. The van der Waals surface area contributed by atoms with Crippen LogP contribution in [0.5, 0.6) is 5.75 Å². The second-order valence-corrected chi connectivity index (χ2v) is 6.98. The fourth-order valence-corrected chi connectivity index (χ4v) is 3.67. The minimum atomic E-state index is 0.0675. The third-order valence-corrected chi connectivity index (χ3v) is 5.12. The van der Waals surface area contributed by atoms with Crippen molar-refractivity contribution in [2.45, 2.75) is 26.8 Å². The molecule has 5 nitrogen and oxygen atoms in total. The van der Waals surface area contributed by atoms with Crippen LogP contribution in [0.2, 0.25) is 0 Å². The Morgan fingerprint density at radius 3 is 2.56 bits per heavy atom. The second-order valence-electron chi connectivity index (χ2n) is 6.98. The number of benzene rings is 2. The predicted octanol–water partition coefficient (Wildman–Crippen LogP) is 3.90. The standard InChI is InChI=1S/C22H23N3O2/c1-14-21(24-15(2)23-14)16-4-6-17(7-5-16)22(26)25-11-10-18-12-20(27-3)9-8-19(18)13-25/h4-9,12H,10-11,13H2,1-3H3,(H,23,24). The lowest BCUT2D eigenvalue weighted by Crippen LogP contribution is -2.35. The van der Waals surface area contributed by atoms with Crippen LogP contribution in [0.15, 0.2) is 42.5 Å². The Kier molecular flexibility index (Phi) is 4.44. The van der Waals surface area contributed by atoms with Gasteiger partial charge in [-0.05, 0) is 55.7 Å². The Hall–Kier alpha value is -3.08. The number of aromatic nitrogens is 2. The van der Waals surface area contributed by atoms with E-state index >= 15 is 0 Å². The average molecular weight is 361 g/mol. The van der Waals surface area contributed by atoms with Crippen molar-refractivity contribution in [1.82, 2.24) is 14.9 Å². The van der Waals surface area contributed by atoms with Crippen LogP contribution in [-0.4, -0.2) is 34.4 Å². The van der Waals surface area contributed by atoms with Crippen LogP contribution < -0.4 is 4.74 Å². The number of carbonyl (C=O) groups excluding carboxylic acids is 1. The zero-order chi connectivity index (χ0) is 19.0. The molecule has 27 heavy (non-hydrogen) atoms. The third-order valence-electron chi connectivity index (χ3n) is 5.12. The summed E-state index contributed by atoms with van der Waals surface area (Å²) in [5.41, 5.74) is 6.15. The van der Waals surface area contributed by atoms with Crippen molar-refractivity contribution < 1.29 is 9.53 Å². The van der Waals surface area contributed by atoms with E-state index in [2.05, 4.69) is 22.1 Å². The van der Waals surface area contributed by atoms with Crippen LogP contribution in [0.3, 0.4) is 0 Å². The van der Waals surface area contributed by atoms with E-state index in [0.717, 1.165) is 41.5 Å². The molecule has 1 aliphatic heterocycles. The van der Waals surface area contributed by atoms with Gasteiger partial charge in [0.1, 0.15) is 11.6 Å². The third kappa shape index (κ3) is 3.33. The number of hydrogen-bond acceptors (Lipinski definition) is 3. The van der Waals surface area contributed by atoms with E-state index in [4.69, 9.17) is 4.74 Å². The second kappa shape index (κ2) is 6.91. The van der Waals surface area contributed by atoms with Crippen LogP contribution in [-0.2, 0) is 13.0 Å². The number of aryl methyl sites for hydroxylation is 2. The zero-order valence-electron chi connectivity index (χ0n) is 15.9. The Morgan fingerprint density at radius 1 is 1.11 bits per heavy atom. The van der Waals surface area contributed by atoms with E-state index in [9.17, 15) is 4.79 Å². The van der Waals surface area contributed by atoms with Gasteiger partial charge in [-0.25, -0.2) is 4.98 Å². The largest absolute Gasteiger partial charge is 0.497 e. The van der Waals surface area contributed by atoms with Crippen molar-refractivity contribution in [3.8, 4) is 17.0 Å². The number of imidazole rings is 1. The van der Waals surface area contributed by atoms with E-state index < -0.39 is 0 Å². The Bertz CT molecular complexity index is 989. The number of nitrogens with one attached hydrogen (secondary N) is 1. The summed E-state index contributed by atoms with van der Waals surface area (Å²) in [6.07, 6.45) is 0.849.